The zero-order valence-electron chi connectivity index (χ0n) is 19.6. The van der Waals surface area contributed by atoms with Gasteiger partial charge in [0.2, 0.25) is 15.9 Å². The van der Waals surface area contributed by atoms with Crippen LogP contribution < -0.4 is 4.74 Å². The molecule has 2 heterocycles. The molecule has 176 valence electrons. The van der Waals surface area contributed by atoms with E-state index in [2.05, 4.69) is 38.1 Å². The molecule has 0 aliphatic carbocycles. The van der Waals surface area contributed by atoms with Gasteiger partial charge in [0.1, 0.15) is 16.3 Å². The number of nitrogens with zero attached hydrogens (tertiary/aromatic N) is 3. The molecular formula is C23H33N3O5S. The minimum atomic E-state index is -3.67. The number of hydrogen-bond acceptors (Lipinski definition) is 6. The molecule has 0 spiro atoms. The lowest BCUT2D eigenvalue weighted by molar-refractivity contribution is -0.132. The molecule has 1 aromatic carbocycles. The summed E-state index contributed by atoms with van der Waals surface area (Å²) < 4.78 is 38.0. The second-order valence-electron chi connectivity index (χ2n) is 9.16. The number of benzene rings is 1. The van der Waals surface area contributed by atoms with E-state index in [0.29, 0.717) is 38.2 Å². The summed E-state index contributed by atoms with van der Waals surface area (Å²) in [6.07, 6.45) is 0.980. The SMILES string of the molecule is Cc1noc(C)c1S(=O)(=O)N1CCN(C(=O)CCCOc2ccc(C(C)(C)C)cc2)CC1. The zero-order valence-corrected chi connectivity index (χ0v) is 20.4. The Labute approximate surface area is 190 Å². The van der Waals surface area contributed by atoms with Gasteiger partial charge in [-0.25, -0.2) is 8.42 Å². The van der Waals surface area contributed by atoms with Crippen molar-refractivity contribution in [1.82, 2.24) is 14.4 Å². The lowest BCUT2D eigenvalue weighted by Gasteiger charge is -2.34. The number of ether oxygens (including phenoxy) is 1. The Kier molecular flexibility index (Phi) is 7.29. The molecule has 0 atom stereocenters. The van der Waals surface area contributed by atoms with Crippen LogP contribution in [0.25, 0.3) is 0 Å². The quantitative estimate of drug-likeness (QED) is 0.585. The van der Waals surface area contributed by atoms with Gasteiger partial charge in [-0.05, 0) is 43.4 Å². The third kappa shape index (κ3) is 5.50. The molecule has 0 bridgehead atoms. The van der Waals surface area contributed by atoms with Gasteiger partial charge in [-0.15, -0.1) is 0 Å². The topological polar surface area (TPSA) is 93.0 Å². The summed E-state index contributed by atoms with van der Waals surface area (Å²) in [7, 11) is -3.67. The highest BCUT2D eigenvalue weighted by Crippen LogP contribution is 2.25. The van der Waals surface area contributed by atoms with Gasteiger partial charge in [0.05, 0.1) is 6.61 Å². The smallest absolute Gasteiger partial charge is 0.248 e. The average Bonchev–Trinajstić information content (AvgIpc) is 3.09. The molecule has 2 aromatic rings. The molecule has 0 saturated carbocycles. The van der Waals surface area contributed by atoms with E-state index in [-0.39, 0.29) is 35.1 Å². The number of carbonyl (C=O) groups excluding carboxylic acids is 1. The second kappa shape index (κ2) is 9.62. The van der Waals surface area contributed by atoms with Crippen LogP contribution in [0.15, 0.2) is 33.7 Å². The van der Waals surface area contributed by atoms with Crippen molar-refractivity contribution in [3.05, 3.63) is 41.3 Å². The Morgan fingerprint density at radius 2 is 1.72 bits per heavy atom. The summed E-state index contributed by atoms with van der Waals surface area (Å²) in [5.41, 5.74) is 1.70. The fourth-order valence-corrected chi connectivity index (χ4v) is 5.49. The number of sulfonamides is 1. The molecule has 32 heavy (non-hydrogen) atoms. The summed E-state index contributed by atoms with van der Waals surface area (Å²) in [5.74, 6) is 1.10. The van der Waals surface area contributed by atoms with Crippen LogP contribution in [0.4, 0.5) is 0 Å². The Balaban J connectivity index is 1.43. The van der Waals surface area contributed by atoms with Crippen molar-refractivity contribution in [2.24, 2.45) is 0 Å². The summed E-state index contributed by atoms with van der Waals surface area (Å²) in [6.45, 7) is 11.4. The van der Waals surface area contributed by atoms with Gasteiger partial charge in [0, 0.05) is 32.6 Å². The first-order valence-electron chi connectivity index (χ1n) is 10.9. The van der Waals surface area contributed by atoms with Gasteiger partial charge in [-0.3, -0.25) is 4.79 Å². The van der Waals surface area contributed by atoms with Crippen LogP contribution in [0.3, 0.4) is 0 Å². The van der Waals surface area contributed by atoms with Crippen molar-refractivity contribution >= 4 is 15.9 Å². The van der Waals surface area contributed by atoms with Crippen molar-refractivity contribution < 1.29 is 22.5 Å². The van der Waals surface area contributed by atoms with Crippen LogP contribution >= 0.6 is 0 Å². The van der Waals surface area contributed by atoms with E-state index < -0.39 is 10.0 Å². The van der Waals surface area contributed by atoms with Crippen molar-refractivity contribution in [1.29, 1.82) is 0 Å². The Morgan fingerprint density at radius 1 is 1.09 bits per heavy atom. The van der Waals surface area contributed by atoms with Crippen LogP contribution in [0.2, 0.25) is 0 Å². The number of carbonyl (C=O) groups is 1. The van der Waals surface area contributed by atoms with E-state index in [4.69, 9.17) is 9.26 Å². The van der Waals surface area contributed by atoms with Crippen molar-refractivity contribution in [2.45, 2.75) is 57.8 Å². The standard InChI is InChI=1S/C23H33N3O5S/c1-17-22(18(2)31-24-17)32(28,29)26-14-12-25(13-15-26)21(27)7-6-16-30-20-10-8-19(9-11-20)23(3,4)5/h8-11H,6-7,12-16H2,1-5H3. The van der Waals surface area contributed by atoms with Crippen LogP contribution in [-0.2, 0) is 20.2 Å². The van der Waals surface area contributed by atoms with Gasteiger partial charge >= 0.3 is 0 Å². The molecule has 3 rings (SSSR count). The van der Waals surface area contributed by atoms with Gasteiger partial charge in [-0.1, -0.05) is 38.1 Å². The lowest BCUT2D eigenvalue weighted by atomic mass is 9.87. The minimum absolute atomic E-state index is 0.0195. The van der Waals surface area contributed by atoms with Gasteiger partial charge in [0.15, 0.2) is 5.76 Å². The fourth-order valence-electron chi connectivity index (χ4n) is 3.77. The molecule has 1 aliphatic rings. The molecule has 1 saturated heterocycles. The maximum Gasteiger partial charge on any atom is 0.248 e. The van der Waals surface area contributed by atoms with Gasteiger partial charge in [-0.2, -0.15) is 4.31 Å². The lowest BCUT2D eigenvalue weighted by Crippen LogP contribution is -2.50. The first-order valence-corrected chi connectivity index (χ1v) is 12.4. The van der Waals surface area contributed by atoms with E-state index in [0.717, 1.165) is 5.75 Å². The average molecular weight is 464 g/mol. The van der Waals surface area contributed by atoms with Crippen LogP contribution in [-0.4, -0.2) is 61.5 Å². The predicted octanol–water partition coefficient (Wildman–Crippen LogP) is 3.28. The Bertz CT molecular complexity index is 1010. The highest BCUT2D eigenvalue weighted by Gasteiger charge is 2.34. The third-order valence-electron chi connectivity index (χ3n) is 5.68. The van der Waals surface area contributed by atoms with Gasteiger partial charge in [0.25, 0.3) is 0 Å². The van der Waals surface area contributed by atoms with E-state index in [9.17, 15) is 13.2 Å². The summed E-state index contributed by atoms with van der Waals surface area (Å²) in [6, 6.07) is 8.05. The molecule has 9 heteroatoms. The number of aryl methyl sites for hydroxylation is 2. The summed E-state index contributed by atoms with van der Waals surface area (Å²) >= 11 is 0. The maximum atomic E-state index is 12.9. The summed E-state index contributed by atoms with van der Waals surface area (Å²) in [4.78, 5) is 14.4. The second-order valence-corrected chi connectivity index (χ2v) is 11.0. The van der Waals surface area contributed by atoms with Crippen molar-refractivity contribution in [2.75, 3.05) is 32.8 Å². The van der Waals surface area contributed by atoms with E-state index in [1.807, 2.05) is 12.1 Å². The van der Waals surface area contributed by atoms with E-state index in [1.54, 1.807) is 18.7 Å². The number of amides is 1. The molecule has 0 radical (unpaired) electrons. The molecular weight excluding hydrogens is 430 g/mol. The van der Waals surface area contributed by atoms with E-state index in [1.165, 1.54) is 9.87 Å². The Morgan fingerprint density at radius 3 is 2.25 bits per heavy atom. The molecule has 1 aromatic heterocycles. The Hall–Kier alpha value is -2.39. The van der Waals surface area contributed by atoms with Crippen LogP contribution in [0.5, 0.6) is 5.75 Å². The fraction of sp³-hybridized carbons (Fsp3) is 0.565. The number of piperazine rings is 1. The van der Waals surface area contributed by atoms with Crippen molar-refractivity contribution in [3.8, 4) is 5.75 Å². The minimum Gasteiger partial charge on any atom is -0.494 e. The third-order valence-corrected chi connectivity index (χ3v) is 7.82. The molecule has 1 fully saturated rings. The van der Waals surface area contributed by atoms with E-state index >= 15 is 0 Å². The van der Waals surface area contributed by atoms with Crippen LogP contribution in [0.1, 0.15) is 50.6 Å². The van der Waals surface area contributed by atoms with Gasteiger partial charge < -0.3 is 14.2 Å². The van der Waals surface area contributed by atoms with Crippen LogP contribution in [0, 0.1) is 13.8 Å². The first-order chi connectivity index (χ1) is 15.0. The molecule has 1 aliphatic heterocycles. The molecule has 0 unspecified atom stereocenters. The monoisotopic (exact) mass is 463 g/mol. The number of aromatic nitrogens is 1. The molecule has 0 N–H and O–H groups in total. The van der Waals surface area contributed by atoms with Crippen molar-refractivity contribution in [3.63, 3.8) is 0 Å². The highest BCUT2D eigenvalue weighted by molar-refractivity contribution is 7.89. The molecule has 1 amide bonds. The highest BCUT2D eigenvalue weighted by atomic mass is 32.2. The zero-order chi connectivity index (χ0) is 23.5. The summed E-state index contributed by atoms with van der Waals surface area (Å²) in [5, 5.41) is 3.74. The predicted molar refractivity (Wildman–Crippen MR) is 121 cm³/mol. The largest absolute Gasteiger partial charge is 0.494 e. The normalized spacial score (nSPS) is 15.7. The number of rotatable bonds is 7. The molecule has 8 nitrogen and oxygen atoms in total. The number of hydrogen-bond donors (Lipinski definition) is 0. The first kappa shape index (κ1) is 24.3. The maximum absolute atomic E-state index is 12.9.